The maximum absolute atomic E-state index is 5.93. The molecule has 1 fully saturated rings. The Bertz CT molecular complexity index is 468. The zero-order chi connectivity index (χ0) is 13.1. The third-order valence-electron chi connectivity index (χ3n) is 4.07. The highest BCUT2D eigenvalue weighted by atomic mass is 32.2. The molecule has 1 aliphatic carbocycles. The van der Waals surface area contributed by atoms with Crippen molar-refractivity contribution in [3.63, 3.8) is 0 Å². The summed E-state index contributed by atoms with van der Waals surface area (Å²) in [5.74, 6) is 3.09. The molecule has 0 spiro atoms. The van der Waals surface area contributed by atoms with Crippen LogP contribution in [-0.2, 0) is 0 Å². The van der Waals surface area contributed by atoms with Gasteiger partial charge in [0.2, 0.25) is 0 Å². The van der Waals surface area contributed by atoms with E-state index in [0.29, 0.717) is 11.9 Å². The molecule has 0 amide bonds. The second kappa shape index (κ2) is 5.87. The zero-order valence-electron chi connectivity index (χ0n) is 11.1. The van der Waals surface area contributed by atoms with Gasteiger partial charge >= 0.3 is 0 Å². The summed E-state index contributed by atoms with van der Waals surface area (Å²) in [5, 5.41) is 3.28. The van der Waals surface area contributed by atoms with Gasteiger partial charge in [0.05, 0.1) is 0 Å². The largest absolute Gasteiger partial charge is 0.370 e. The number of benzene rings is 1. The van der Waals surface area contributed by atoms with E-state index in [2.05, 4.69) is 34.6 Å². The standard InChI is InChI=1S/C15H21N3S/c16-15(17-8-11-4-3-5-11)18-9-12-10-19-14-7-2-1-6-13(12)14/h1-2,6-7,11-12H,3-5,8-10H2,(H3,16,17,18). The van der Waals surface area contributed by atoms with Gasteiger partial charge in [0.15, 0.2) is 5.96 Å². The molecule has 2 aliphatic rings. The summed E-state index contributed by atoms with van der Waals surface area (Å²) in [6, 6.07) is 8.65. The van der Waals surface area contributed by atoms with Crippen LogP contribution in [0.15, 0.2) is 34.2 Å². The second-order valence-electron chi connectivity index (χ2n) is 5.45. The molecule has 1 aliphatic heterocycles. The molecule has 1 unspecified atom stereocenters. The smallest absolute Gasteiger partial charge is 0.188 e. The second-order valence-corrected chi connectivity index (χ2v) is 6.51. The van der Waals surface area contributed by atoms with Crippen LogP contribution in [0.4, 0.5) is 0 Å². The number of hydrogen-bond acceptors (Lipinski definition) is 2. The maximum atomic E-state index is 5.93. The number of nitrogens with one attached hydrogen (secondary N) is 1. The average Bonchev–Trinajstić information content (AvgIpc) is 2.78. The number of thioether (sulfide) groups is 1. The van der Waals surface area contributed by atoms with Gasteiger partial charge in [-0.2, -0.15) is 0 Å². The van der Waals surface area contributed by atoms with E-state index in [1.165, 1.54) is 29.7 Å². The lowest BCUT2D eigenvalue weighted by atomic mass is 9.86. The zero-order valence-corrected chi connectivity index (χ0v) is 12.0. The van der Waals surface area contributed by atoms with Crippen molar-refractivity contribution in [3.05, 3.63) is 29.8 Å². The highest BCUT2D eigenvalue weighted by molar-refractivity contribution is 7.99. The first kappa shape index (κ1) is 12.9. The molecule has 1 heterocycles. The van der Waals surface area contributed by atoms with Crippen molar-refractivity contribution in [3.8, 4) is 0 Å². The monoisotopic (exact) mass is 275 g/mol. The van der Waals surface area contributed by atoms with Gasteiger partial charge in [-0.05, 0) is 30.4 Å². The summed E-state index contributed by atoms with van der Waals surface area (Å²) in [6.45, 7) is 1.79. The highest BCUT2D eigenvalue weighted by Crippen LogP contribution is 2.38. The molecule has 0 radical (unpaired) electrons. The lowest BCUT2D eigenvalue weighted by Crippen LogP contribution is -2.35. The van der Waals surface area contributed by atoms with E-state index >= 15 is 0 Å². The Morgan fingerprint density at radius 2 is 2.21 bits per heavy atom. The molecule has 1 atom stereocenters. The first-order chi connectivity index (χ1) is 9.33. The molecule has 102 valence electrons. The van der Waals surface area contributed by atoms with Gasteiger partial charge in [0, 0.05) is 29.7 Å². The highest BCUT2D eigenvalue weighted by Gasteiger charge is 2.22. The SMILES string of the molecule is NC(=NCC1CCC1)NCC1CSc2ccccc21. The van der Waals surface area contributed by atoms with Crippen LogP contribution in [0, 0.1) is 5.92 Å². The van der Waals surface area contributed by atoms with Gasteiger partial charge in [-0.1, -0.05) is 24.6 Å². The third-order valence-corrected chi connectivity index (χ3v) is 5.32. The molecule has 0 bridgehead atoms. The Morgan fingerprint density at radius 1 is 1.37 bits per heavy atom. The molecule has 0 saturated heterocycles. The van der Waals surface area contributed by atoms with Gasteiger partial charge in [-0.25, -0.2) is 0 Å². The van der Waals surface area contributed by atoms with Crippen LogP contribution in [0.1, 0.15) is 30.7 Å². The van der Waals surface area contributed by atoms with Crippen molar-refractivity contribution in [2.24, 2.45) is 16.6 Å². The van der Waals surface area contributed by atoms with Gasteiger partial charge in [0.1, 0.15) is 0 Å². The normalized spacial score (nSPS) is 22.9. The topological polar surface area (TPSA) is 50.4 Å². The summed E-state index contributed by atoms with van der Waals surface area (Å²) in [4.78, 5) is 5.86. The number of aliphatic imine (C=N–C) groups is 1. The average molecular weight is 275 g/mol. The number of hydrogen-bond donors (Lipinski definition) is 2. The number of nitrogens with zero attached hydrogens (tertiary/aromatic N) is 1. The molecular weight excluding hydrogens is 254 g/mol. The fourth-order valence-electron chi connectivity index (χ4n) is 2.58. The van der Waals surface area contributed by atoms with Gasteiger partial charge < -0.3 is 11.1 Å². The van der Waals surface area contributed by atoms with E-state index in [4.69, 9.17) is 5.73 Å². The first-order valence-corrected chi connectivity index (χ1v) is 8.07. The van der Waals surface area contributed by atoms with Crippen molar-refractivity contribution in [1.82, 2.24) is 5.32 Å². The molecule has 0 aromatic heterocycles. The summed E-state index contributed by atoms with van der Waals surface area (Å²) in [6.07, 6.45) is 4.01. The van der Waals surface area contributed by atoms with Crippen LogP contribution in [0.5, 0.6) is 0 Å². The van der Waals surface area contributed by atoms with Crippen LogP contribution >= 0.6 is 11.8 Å². The van der Waals surface area contributed by atoms with Crippen LogP contribution in [-0.4, -0.2) is 24.8 Å². The van der Waals surface area contributed by atoms with Crippen molar-refractivity contribution in [2.75, 3.05) is 18.8 Å². The minimum absolute atomic E-state index is 0.554. The van der Waals surface area contributed by atoms with Crippen LogP contribution < -0.4 is 11.1 Å². The molecule has 1 aromatic rings. The van der Waals surface area contributed by atoms with Crippen molar-refractivity contribution < 1.29 is 0 Å². The Kier molecular flexibility index (Phi) is 3.97. The van der Waals surface area contributed by atoms with Crippen molar-refractivity contribution in [1.29, 1.82) is 0 Å². The van der Waals surface area contributed by atoms with E-state index in [-0.39, 0.29) is 0 Å². The Balaban J connectivity index is 1.50. The number of rotatable bonds is 4. The fourth-order valence-corrected chi connectivity index (χ4v) is 3.84. The Labute approximate surface area is 119 Å². The molecule has 1 aromatic carbocycles. The molecule has 19 heavy (non-hydrogen) atoms. The number of fused-ring (bicyclic) bond motifs is 1. The number of guanidine groups is 1. The van der Waals surface area contributed by atoms with Crippen LogP contribution in [0.25, 0.3) is 0 Å². The molecule has 3 nitrogen and oxygen atoms in total. The van der Waals surface area contributed by atoms with E-state index in [0.717, 1.165) is 24.8 Å². The summed E-state index contributed by atoms with van der Waals surface area (Å²) in [7, 11) is 0. The number of nitrogens with two attached hydrogens (primary N) is 1. The van der Waals surface area contributed by atoms with Gasteiger partial charge in [-0.15, -0.1) is 11.8 Å². The van der Waals surface area contributed by atoms with Gasteiger partial charge in [0.25, 0.3) is 0 Å². The lowest BCUT2D eigenvalue weighted by molar-refractivity contribution is 0.326. The van der Waals surface area contributed by atoms with E-state index in [1.54, 1.807) is 0 Å². The molecule has 3 N–H and O–H groups in total. The van der Waals surface area contributed by atoms with E-state index in [9.17, 15) is 0 Å². The quantitative estimate of drug-likeness (QED) is 0.656. The molecule has 4 heteroatoms. The van der Waals surface area contributed by atoms with Gasteiger partial charge in [-0.3, -0.25) is 4.99 Å². The minimum Gasteiger partial charge on any atom is -0.370 e. The van der Waals surface area contributed by atoms with Crippen molar-refractivity contribution in [2.45, 2.75) is 30.1 Å². The predicted octanol–water partition coefficient (Wildman–Crippen LogP) is 2.58. The van der Waals surface area contributed by atoms with Crippen LogP contribution in [0.3, 0.4) is 0 Å². The summed E-state index contributed by atoms with van der Waals surface area (Å²) < 4.78 is 0. The summed E-state index contributed by atoms with van der Waals surface area (Å²) in [5.41, 5.74) is 7.38. The minimum atomic E-state index is 0.554. The van der Waals surface area contributed by atoms with E-state index < -0.39 is 0 Å². The van der Waals surface area contributed by atoms with Crippen LogP contribution in [0.2, 0.25) is 0 Å². The summed E-state index contributed by atoms with van der Waals surface area (Å²) >= 11 is 1.94. The maximum Gasteiger partial charge on any atom is 0.188 e. The Hall–Kier alpha value is -1.16. The lowest BCUT2D eigenvalue weighted by Gasteiger charge is -2.23. The Morgan fingerprint density at radius 3 is 3.00 bits per heavy atom. The predicted molar refractivity (Wildman–Crippen MR) is 81.7 cm³/mol. The molecule has 1 saturated carbocycles. The van der Waals surface area contributed by atoms with Crippen molar-refractivity contribution >= 4 is 17.7 Å². The third kappa shape index (κ3) is 3.06. The fraction of sp³-hybridized carbons (Fsp3) is 0.533. The van der Waals surface area contributed by atoms with E-state index in [1.807, 2.05) is 11.8 Å². The molecular formula is C15H21N3S. The molecule has 3 rings (SSSR count). The first-order valence-electron chi connectivity index (χ1n) is 7.08.